The monoisotopic (exact) mass is 619 g/mol. The minimum Gasteiger partial charge on any atom is -0.497 e. The Hall–Kier alpha value is -3.27. The first-order valence-corrected chi connectivity index (χ1v) is 15.3. The van der Waals surface area contributed by atoms with Gasteiger partial charge in [0, 0.05) is 28.2 Å². The van der Waals surface area contributed by atoms with Crippen molar-refractivity contribution in [1.82, 2.24) is 10.2 Å². The average molecular weight is 621 g/mol. The Morgan fingerprint density at radius 3 is 2.07 bits per heavy atom. The molecule has 0 aliphatic heterocycles. The molecule has 0 saturated heterocycles. The lowest BCUT2D eigenvalue weighted by Crippen LogP contribution is -2.52. The Labute approximate surface area is 252 Å². The molecule has 0 saturated carbocycles. The van der Waals surface area contributed by atoms with Gasteiger partial charge < -0.3 is 15.0 Å². The van der Waals surface area contributed by atoms with Gasteiger partial charge in [0.25, 0.3) is 10.0 Å². The van der Waals surface area contributed by atoms with Crippen LogP contribution in [0.1, 0.15) is 38.3 Å². The fraction of sp³-hybridized carbons (Fsp3) is 0.333. The fourth-order valence-corrected chi connectivity index (χ4v) is 5.95. The van der Waals surface area contributed by atoms with Gasteiger partial charge in [-0.05, 0) is 75.7 Å². The summed E-state index contributed by atoms with van der Waals surface area (Å²) in [5.41, 5.74) is 1.67. The van der Waals surface area contributed by atoms with Gasteiger partial charge >= 0.3 is 0 Å². The SMILES string of the molecule is CC[C@@H](C)NC(=O)[C@@H](C)N(Cc1c(Cl)cccc1Cl)C(=O)CN(c1ccc(C)cc1)S(=O)(=O)c1ccc(OC)cc1. The van der Waals surface area contributed by atoms with E-state index in [1.165, 1.54) is 36.3 Å². The molecule has 3 aromatic rings. The maximum atomic E-state index is 14.0. The summed E-state index contributed by atoms with van der Waals surface area (Å²) in [6, 6.07) is 16.6. The van der Waals surface area contributed by atoms with E-state index < -0.39 is 28.5 Å². The first kappa shape index (κ1) is 32.2. The molecule has 0 fully saturated rings. The van der Waals surface area contributed by atoms with Gasteiger partial charge in [0.05, 0.1) is 17.7 Å². The van der Waals surface area contributed by atoms with Crippen molar-refractivity contribution in [1.29, 1.82) is 0 Å². The van der Waals surface area contributed by atoms with E-state index in [9.17, 15) is 18.0 Å². The van der Waals surface area contributed by atoms with Crippen molar-refractivity contribution in [3.63, 3.8) is 0 Å². The highest BCUT2D eigenvalue weighted by Gasteiger charge is 2.33. The summed E-state index contributed by atoms with van der Waals surface area (Å²) in [6.45, 7) is 6.60. The molecule has 1 N–H and O–H groups in total. The van der Waals surface area contributed by atoms with Crippen molar-refractivity contribution in [2.75, 3.05) is 18.0 Å². The third kappa shape index (κ3) is 7.93. The highest BCUT2D eigenvalue weighted by atomic mass is 35.5. The Morgan fingerprint density at radius 1 is 0.951 bits per heavy atom. The Morgan fingerprint density at radius 2 is 1.54 bits per heavy atom. The molecule has 3 aromatic carbocycles. The van der Waals surface area contributed by atoms with E-state index in [0.29, 0.717) is 33.5 Å². The number of hydrogen-bond acceptors (Lipinski definition) is 5. The number of nitrogens with one attached hydrogen (secondary N) is 1. The Bertz CT molecular complexity index is 1440. The van der Waals surface area contributed by atoms with Crippen LogP contribution in [-0.4, -0.2) is 50.9 Å². The van der Waals surface area contributed by atoms with Crippen molar-refractivity contribution in [2.24, 2.45) is 0 Å². The number of amides is 2. The lowest BCUT2D eigenvalue weighted by Gasteiger charge is -2.33. The second-order valence-corrected chi connectivity index (χ2v) is 12.4. The number of methoxy groups -OCH3 is 1. The van der Waals surface area contributed by atoms with Gasteiger partial charge in [0.2, 0.25) is 11.8 Å². The average Bonchev–Trinajstić information content (AvgIpc) is 2.95. The summed E-state index contributed by atoms with van der Waals surface area (Å²) >= 11 is 12.8. The molecule has 41 heavy (non-hydrogen) atoms. The van der Waals surface area contributed by atoms with Crippen molar-refractivity contribution in [2.45, 2.75) is 57.6 Å². The molecule has 0 unspecified atom stereocenters. The number of rotatable bonds is 12. The third-order valence-corrected chi connectivity index (χ3v) is 9.30. The predicted molar refractivity (Wildman–Crippen MR) is 163 cm³/mol. The second kappa shape index (κ2) is 14.1. The summed E-state index contributed by atoms with van der Waals surface area (Å²) in [6.07, 6.45) is 0.698. The number of halogens is 2. The lowest BCUT2D eigenvalue weighted by atomic mass is 10.1. The van der Waals surface area contributed by atoms with E-state index in [-0.39, 0.29) is 23.4 Å². The number of ether oxygens (including phenoxy) is 1. The molecule has 0 heterocycles. The van der Waals surface area contributed by atoms with Crippen LogP contribution >= 0.6 is 23.2 Å². The summed E-state index contributed by atoms with van der Waals surface area (Å²) < 4.78 is 34.1. The molecular weight excluding hydrogens is 585 g/mol. The highest BCUT2D eigenvalue weighted by molar-refractivity contribution is 7.92. The fourth-order valence-electron chi connectivity index (χ4n) is 4.02. The van der Waals surface area contributed by atoms with E-state index in [2.05, 4.69) is 5.32 Å². The van der Waals surface area contributed by atoms with Crippen LogP contribution in [0.2, 0.25) is 10.0 Å². The molecular formula is C30H35Cl2N3O5S. The number of aryl methyl sites for hydroxylation is 1. The molecule has 0 aliphatic rings. The van der Waals surface area contributed by atoms with Crippen LogP contribution in [0.15, 0.2) is 71.6 Å². The maximum absolute atomic E-state index is 14.0. The molecule has 0 aliphatic carbocycles. The van der Waals surface area contributed by atoms with Crippen LogP contribution in [-0.2, 0) is 26.2 Å². The molecule has 0 aromatic heterocycles. The lowest BCUT2D eigenvalue weighted by molar-refractivity contribution is -0.139. The van der Waals surface area contributed by atoms with Crippen LogP contribution in [0, 0.1) is 6.92 Å². The van der Waals surface area contributed by atoms with Gasteiger partial charge in [-0.15, -0.1) is 0 Å². The smallest absolute Gasteiger partial charge is 0.264 e. The molecule has 0 bridgehead atoms. The second-order valence-electron chi connectivity index (χ2n) is 9.74. The number of benzene rings is 3. The molecule has 0 radical (unpaired) electrons. The molecule has 8 nitrogen and oxygen atoms in total. The van der Waals surface area contributed by atoms with Gasteiger partial charge in [-0.1, -0.05) is 53.9 Å². The first-order valence-electron chi connectivity index (χ1n) is 13.1. The standard InChI is InChI=1S/C30H35Cl2N3O5S/c1-6-21(3)33-30(37)22(4)34(18-26-27(31)8-7-9-28(26)32)29(36)19-35(23-12-10-20(2)11-13-23)41(38,39)25-16-14-24(40-5)15-17-25/h7-17,21-22H,6,18-19H2,1-5H3,(H,33,37)/t21-,22-/m1/s1. The van der Waals surface area contributed by atoms with Gasteiger partial charge in [0.15, 0.2) is 0 Å². The molecule has 0 spiro atoms. The Kier molecular flexibility index (Phi) is 11.1. The van der Waals surface area contributed by atoms with Crippen molar-refractivity contribution < 1.29 is 22.7 Å². The maximum Gasteiger partial charge on any atom is 0.264 e. The molecule has 2 atom stereocenters. The van der Waals surface area contributed by atoms with Crippen LogP contribution in [0.25, 0.3) is 0 Å². The third-order valence-electron chi connectivity index (χ3n) is 6.81. The number of anilines is 1. The summed E-state index contributed by atoms with van der Waals surface area (Å²) in [5.74, 6) is -0.493. The van der Waals surface area contributed by atoms with Gasteiger partial charge in [0.1, 0.15) is 18.3 Å². The van der Waals surface area contributed by atoms with Gasteiger partial charge in [-0.25, -0.2) is 8.42 Å². The zero-order chi connectivity index (χ0) is 30.3. The predicted octanol–water partition coefficient (Wildman–Crippen LogP) is 5.84. The summed E-state index contributed by atoms with van der Waals surface area (Å²) in [4.78, 5) is 28.5. The molecule has 11 heteroatoms. The normalized spacial score (nSPS) is 12.8. The number of nitrogens with zero attached hydrogens (tertiary/aromatic N) is 2. The van der Waals surface area contributed by atoms with Gasteiger partial charge in [-0.3, -0.25) is 13.9 Å². The number of carbonyl (C=O) groups excluding carboxylic acids is 2. The highest BCUT2D eigenvalue weighted by Crippen LogP contribution is 2.29. The quantitative estimate of drug-likeness (QED) is 0.275. The van der Waals surface area contributed by atoms with Crippen LogP contribution < -0.4 is 14.4 Å². The van der Waals surface area contributed by atoms with E-state index in [4.69, 9.17) is 27.9 Å². The van der Waals surface area contributed by atoms with Gasteiger partial charge in [-0.2, -0.15) is 0 Å². The first-order chi connectivity index (χ1) is 19.4. The van der Waals surface area contributed by atoms with Crippen molar-refractivity contribution in [3.8, 4) is 5.75 Å². The molecule has 220 valence electrons. The zero-order valence-corrected chi connectivity index (χ0v) is 26.1. The number of sulfonamides is 1. The van der Waals surface area contributed by atoms with Crippen molar-refractivity contribution in [3.05, 3.63) is 87.9 Å². The Balaban J connectivity index is 2.06. The molecule has 2 amide bonds. The topological polar surface area (TPSA) is 96.0 Å². The number of carbonyl (C=O) groups is 2. The molecule has 3 rings (SSSR count). The van der Waals surface area contributed by atoms with E-state index in [1.807, 2.05) is 20.8 Å². The van der Waals surface area contributed by atoms with Crippen LogP contribution in [0.3, 0.4) is 0 Å². The summed E-state index contributed by atoms with van der Waals surface area (Å²) in [5, 5.41) is 3.55. The zero-order valence-electron chi connectivity index (χ0n) is 23.7. The summed E-state index contributed by atoms with van der Waals surface area (Å²) in [7, 11) is -2.72. The minimum absolute atomic E-state index is 0.0186. The number of hydrogen-bond donors (Lipinski definition) is 1. The van der Waals surface area contributed by atoms with Crippen LogP contribution in [0.4, 0.5) is 5.69 Å². The van der Waals surface area contributed by atoms with E-state index in [1.54, 1.807) is 49.4 Å². The van der Waals surface area contributed by atoms with Crippen LogP contribution in [0.5, 0.6) is 5.75 Å². The van der Waals surface area contributed by atoms with E-state index >= 15 is 0 Å². The van der Waals surface area contributed by atoms with Crippen molar-refractivity contribution >= 4 is 50.7 Å². The largest absolute Gasteiger partial charge is 0.497 e. The minimum atomic E-state index is -4.20. The van der Waals surface area contributed by atoms with E-state index in [0.717, 1.165) is 9.87 Å².